The summed E-state index contributed by atoms with van der Waals surface area (Å²) in [4.78, 5) is 4.36. The van der Waals surface area contributed by atoms with Gasteiger partial charge in [0, 0.05) is 35.4 Å². The number of nitrogens with one attached hydrogen (secondary N) is 2. The van der Waals surface area contributed by atoms with Gasteiger partial charge in [-0.2, -0.15) is 0 Å². The second-order valence-corrected chi connectivity index (χ2v) is 5.90. The first kappa shape index (κ1) is 15.8. The number of rotatable bonds is 7. The van der Waals surface area contributed by atoms with Crippen molar-refractivity contribution >= 4 is 28.2 Å². The van der Waals surface area contributed by atoms with Crippen LogP contribution in [0.2, 0.25) is 5.02 Å². The Balaban J connectivity index is 1.46. The van der Waals surface area contributed by atoms with Gasteiger partial charge < -0.3 is 10.6 Å². The number of benzene rings is 2. The Labute approximate surface area is 141 Å². The van der Waals surface area contributed by atoms with Gasteiger partial charge >= 0.3 is 0 Å². The van der Waals surface area contributed by atoms with Gasteiger partial charge in [-0.15, -0.1) is 0 Å². The van der Waals surface area contributed by atoms with E-state index in [2.05, 4.69) is 39.9 Å². The summed E-state index contributed by atoms with van der Waals surface area (Å²) in [5.41, 5.74) is 3.34. The lowest BCUT2D eigenvalue weighted by atomic mass is 10.2. The van der Waals surface area contributed by atoms with Gasteiger partial charge in [0.1, 0.15) is 0 Å². The molecule has 3 nitrogen and oxygen atoms in total. The Hall–Kier alpha value is -2.10. The predicted octanol–water partition coefficient (Wildman–Crippen LogP) is 4.48. The Morgan fingerprint density at radius 3 is 2.70 bits per heavy atom. The smallest absolute Gasteiger partial charge is 0.0737 e. The highest BCUT2D eigenvalue weighted by Gasteiger charge is 2.02. The maximum atomic E-state index is 6.01. The van der Waals surface area contributed by atoms with Crippen LogP contribution in [0.5, 0.6) is 0 Å². The van der Waals surface area contributed by atoms with Crippen molar-refractivity contribution in [3.05, 3.63) is 71.4 Å². The van der Waals surface area contributed by atoms with E-state index in [-0.39, 0.29) is 0 Å². The van der Waals surface area contributed by atoms with E-state index < -0.39 is 0 Å². The topological polar surface area (TPSA) is 37.0 Å². The Morgan fingerprint density at radius 2 is 1.83 bits per heavy atom. The van der Waals surface area contributed by atoms with Crippen molar-refractivity contribution in [2.75, 3.05) is 18.4 Å². The van der Waals surface area contributed by atoms with Crippen molar-refractivity contribution in [1.82, 2.24) is 10.3 Å². The highest BCUT2D eigenvalue weighted by molar-refractivity contribution is 6.31. The van der Waals surface area contributed by atoms with E-state index in [1.807, 2.05) is 36.5 Å². The molecule has 118 valence electrons. The molecular weight excluding hydrogens is 306 g/mol. The number of pyridine rings is 1. The standard InChI is InChI=1S/C19H20ClN3/c20-16-7-8-17-18(9-12-23-19(17)13-16)22-11-4-10-21-14-15-5-2-1-3-6-15/h1-3,5-9,12-13,21H,4,10-11,14H2,(H,22,23). The number of nitrogens with zero attached hydrogens (tertiary/aromatic N) is 1. The molecule has 2 N–H and O–H groups in total. The molecule has 3 rings (SSSR count). The summed E-state index contributed by atoms with van der Waals surface area (Å²) in [6.45, 7) is 2.82. The van der Waals surface area contributed by atoms with Crippen molar-refractivity contribution in [1.29, 1.82) is 0 Å². The fraction of sp³-hybridized carbons (Fsp3) is 0.211. The first-order valence-electron chi connectivity index (χ1n) is 7.86. The highest BCUT2D eigenvalue weighted by Crippen LogP contribution is 2.24. The molecule has 0 atom stereocenters. The zero-order chi connectivity index (χ0) is 15.9. The monoisotopic (exact) mass is 325 g/mol. The molecule has 0 spiro atoms. The van der Waals surface area contributed by atoms with Crippen LogP contribution >= 0.6 is 11.6 Å². The number of hydrogen-bond donors (Lipinski definition) is 2. The van der Waals surface area contributed by atoms with Gasteiger partial charge in [0.05, 0.1) is 5.52 Å². The molecule has 1 heterocycles. The molecule has 0 amide bonds. The molecule has 0 saturated carbocycles. The quantitative estimate of drug-likeness (QED) is 0.629. The molecule has 0 saturated heterocycles. The van der Waals surface area contributed by atoms with Gasteiger partial charge in [-0.05, 0) is 42.8 Å². The first-order chi connectivity index (χ1) is 11.3. The largest absolute Gasteiger partial charge is 0.384 e. The maximum Gasteiger partial charge on any atom is 0.0737 e. The summed E-state index contributed by atoms with van der Waals surface area (Å²) in [6.07, 6.45) is 2.87. The second-order valence-electron chi connectivity index (χ2n) is 5.46. The molecule has 2 aromatic carbocycles. The summed E-state index contributed by atoms with van der Waals surface area (Å²) in [5, 5.41) is 8.77. The van der Waals surface area contributed by atoms with E-state index in [4.69, 9.17) is 11.6 Å². The van der Waals surface area contributed by atoms with Crippen LogP contribution in [0.1, 0.15) is 12.0 Å². The van der Waals surface area contributed by atoms with Crippen molar-refractivity contribution < 1.29 is 0 Å². The average molecular weight is 326 g/mol. The van der Waals surface area contributed by atoms with Crippen LogP contribution in [-0.2, 0) is 6.54 Å². The minimum atomic E-state index is 0.715. The van der Waals surface area contributed by atoms with Crippen molar-refractivity contribution in [2.24, 2.45) is 0 Å². The van der Waals surface area contributed by atoms with Crippen LogP contribution in [0.3, 0.4) is 0 Å². The average Bonchev–Trinajstić information content (AvgIpc) is 2.58. The maximum absolute atomic E-state index is 6.01. The Morgan fingerprint density at radius 1 is 0.957 bits per heavy atom. The van der Waals surface area contributed by atoms with E-state index in [9.17, 15) is 0 Å². The van der Waals surface area contributed by atoms with E-state index in [1.165, 1.54) is 5.56 Å². The van der Waals surface area contributed by atoms with Gasteiger partial charge in [0.2, 0.25) is 0 Å². The molecule has 0 aliphatic rings. The number of aromatic nitrogens is 1. The molecule has 0 aliphatic heterocycles. The Bertz CT molecular complexity index is 759. The minimum absolute atomic E-state index is 0.715. The van der Waals surface area contributed by atoms with Crippen LogP contribution in [0.25, 0.3) is 10.9 Å². The van der Waals surface area contributed by atoms with E-state index >= 15 is 0 Å². The number of hydrogen-bond acceptors (Lipinski definition) is 3. The molecular formula is C19H20ClN3. The molecule has 3 aromatic rings. The molecule has 1 aromatic heterocycles. The van der Waals surface area contributed by atoms with Gasteiger partial charge in [-0.1, -0.05) is 41.9 Å². The lowest BCUT2D eigenvalue weighted by Crippen LogP contribution is -2.17. The van der Waals surface area contributed by atoms with Crippen LogP contribution in [0.4, 0.5) is 5.69 Å². The Kier molecular flexibility index (Phi) is 5.46. The highest BCUT2D eigenvalue weighted by atomic mass is 35.5. The molecule has 0 aliphatic carbocycles. The summed E-state index contributed by atoms with van der Waals surface area (Å²) < 4.78 is 0. The summed E-state index contributed by atoms with van der Waals surface area (Å²) in [5.74, 6) is 0. The molecule has 0 unspecified atom stereocenters. The lowest BCUT2D eigenvalue weighted by Gasteiger charge is -2.10. The van der Waals surface area contributed by atoms with Crippen LogP contribution in [0, 0.1) is 0 Å². The third-order valence-electron chi connectivity index (χ3n) is 3.72. The molecule has 0 fully saturated rings. The molecule has 23 heavy (non-hydrogen) atoms. The van der Waals surface area contributed by atoms with Crippen LogP contribution < -0.4 is 10.6 Å². The number of fused-ring (bicyclic) bond motifs is 1. The fourth-order valence-corrected chi connectivity index (χ4v) is 2.71. The van der Waals surface area contributed by atoms with E-state index in [0.29, 0.717) is 5.02 Å². The molecule has 0 bridgehead atoms. The van der Waals surface area contributed by atoms with Crippen molar-refractivity contribution in [2.45, 2.75) is 13.0 Å². The van der Waals surface area contributed by atoms with E-state index in [1.54, 1.807) is 0 Å². The van der Waals surface area contributed by atoms with Crippen molar-refractivity contribution in [3.8, 4) is 0 Å². The lowest BCUT2D eigenvalue weighted by molar-refractivity contribution is 0.663. The summed E-state index contributed by atoms with van der Waals surface area (Å²) >= 11 is 6.01. The fourth-order valence-electron chi connectivity index (χ4n) is 2.54. The SMILES string of the molecule is Clc1ccc2c(NCCCNCc3ccccc3)ccnc2c1. The zero-order valence-electron chi connectivity index (χ0n) is 12.9. The van der Waals surface area contributed by atoms with Gasteiger partial charge in [0.25, 0.3) is 0 Å². The van der Waals surface area contributed by atoms with Crippen LogP contribution in [0.15, 0.2) is 60.8 Å². The molecule has 0 radical (unpaired) electrons. The van der Waals surface area contributed by atoms with Crippen LogP contribution in [-0.4, -0.2) is 18.1 Å². The third kappa shape index (κ3) is 4.44. The van der Waals surface area contributed by atoms with Gasteiger partial charge in [-0.3, -0.25) is 4.98 Å². The normalized spacial score (nSPS) is 10.8. The van der Waals surface area contributed by atoms with Gasteiger partial charge in [0.15, 0.2) is 0 Å². The summed E-state index contributed by atoms with van der Waals surface area (Å²) in [6, 6.07) is 18.3. The zero-order valence-corrected chi connectivity index (χ0v) is 13.7. The van der Waals surface area contributed by atoms with E-state index in [0.717, 1.165) is 42.6 Å². The minimum Gasteiger partial charge on any atom is -0.384 e. The number of halogens is 1. The predicted molar refractivity (Wildman–Crippen MR) is 98.0 cm³/mol. The number of anilines is 1. The first-order valence-corrected chi connectivity index (χ1v) is 8.23. The molecule has 4 heteroatoms. The van der Waals surface area contributed by atoms with Gasteiger partial charge in [-0.25, -0.2) is 0 Å². The third-order valence-corrected chi connectivity index (χ3v) is 3.96. The summed E-state index contributed by atoms with van der Waals surface area (Å²) in [7, 11) is 0. The van der Waals surface area contributed by atoms with Crippen molar-refractivity contribution in [3.63, 3.8) is 0 Å². The second kappa shape index (κ2) is 7.95.